The Morgan fingerprint density at radius 1 is 1.41 bits per heavy atom. The van der Waals surface area contributed by atoms with Crippen molar-refractivity contribution in [2.45, 2.75) is 26.3 Å². The van der Waals surface area contributed by atoms with E-state index in [1.807, 2.05) is 18.2 Å². The van der Waals surface area contributed by atoms with Gasteiger partial charge in [0.05, 0.1) is 17.7 Å². The highest BCUT2D eigenvalue weighted by atomic mass is 16.5. The van der Waals surface area contributed by atoms with Crippen LogP contribution in [0, 0.1) is 0 Å². The Morgan fingerprint density at radius 2 is 2.18 bits per heavy atom. The van der Waals surface area contributed by atoms with E-state index < -0.39 is 0 Å². The Labute approximate surface area is 101 Å². The number of fused-ring (bicyclic) bond motifs is 1. The number of hydrogen-bond acceptors (Lipinski definition) is 3. The number of ether oxygens (including phenoxy) is 1. The smallest absolute Gasteiger partial charge is 0.338 e. The quantitative estimate of drug-likeness (QED) is 0.795. The zero-order valence-electron chi connectivity index (χ0n) is 10.4. The minimum Gasteiger partial charge on any atom is -0.462 e. The van der Waals surface area contributed by atoms with Crippen molar-refractivity contribution in [2.75, 3.05) is 11.9 Å². The molecule has 0 atom stereocenters. The largest absolute Gasteiger partial charge is 0.462 e. The Balaban J connectivity index is 2.30. The van der Waals surface area contributed by atoms with E-state index in [2.05, 4.69) is 25.2 Å². The molecule has 0 radical (unpaired) electrons. The summed E-state index contributed by atoms with van der Waals surface area (Å²) in [5.74, 6) is -0.270. The second kappa shape index (κ2) is 4.24. The van der Waals surface area contributed by atoms with Crippen LogP contribution in [0.4, 0.5) is 5.69 Å². The first-order valence-corrected chi connectivity index (χ1v) is 5.80. The fourth-order valence-corrected chi connectivity index (χ4v) is 1.84. The monoisotopic (exact) mass is 231 g/mol. The molecule has 1 N–H and O–H groups in total. The lowest BCUT2D eigenvalue weighted by Gasteiger charge is -2.29. The van der Waals surface area contributed by atoms with Crippen LogP contribution >= 0.6 is 0 Å². The van der Waals surface area contributed by atoms with Crippen LogP contribution in [0.15, 0.2) is 24.3 Å². The van der Waals surface area contributed by atoms with Crippen LogP contribution < -0.4 is 5.32 Å². The lowest BCUT2D eigenvalue weighted by atomic mass is 9.96. The molecule has 1 aromatic carbocycles. The molecule has 2 rings (SSSR count). The van der Waals surface area contributed by atoms with Crippen molar-refractivity contribution in [2.24, 2.45) is 0 Å². The molecule has 1 aliphatic rings. The van der Waals surface area contributed by atoms with Crippen molar-refractivity contribution < 1.29 is 9.53 Å². The van der Waals surface area contributed by atoms with E-state index in [0.29, 0.717) is 12.2 Å². The van der Waals surface area contributed by atoms with Gasteiger partial charge in [-0.3, -0.25) is 0 Å². The average Bonchev–Trinajstić information content (AvgIpc) is 2.27. The summed E-state index contributed by atoms with van der Waals surface area (Å²) in [4.78, 5) is 11.6. The Kier molecular flexibility index (Phi) is 2.92. The molecular formula is C14H17NO2. The summed E-state index contributed by atoms with van der Waals surface area (Å²) in [6.07, 6.45) is 4.12. The van der Waals surface area contributed by atoms with Gasteiger partial charge in [0.2, 0.25) is 0 Å². The van der Waals surface area contributed by atoms with Crippen LogP contribution in [0.2, 0.25) is 0 Å². The second-order valence-electron chi connectivity index (χ2n) is 4.70. The van der Waals surface area contributed by atoms with E-state index in [0.717, 1.165) is 11.3 Å². The Hall–Kier alpha value is -1.77. The van der Waals surface area contributed by atoms with E-state index >= 15 is 0 Å². The summed E-state index contributed by atoms with van der Waals surface area (Å²) in [7, 11) is 0. The number of benzene rings is 1. The van der Waals surface area contributed by atoms with E-state index in [1.165, 1.54) is 0 Å². The Morgan fingerprint density at radius 3 is 2.88 bits per heavy atom. The van der Waals surface area contributed by atoms with Crippen LogP contribution in [-0.2, 0) is 4.74 Å². The predicted molar refractivity (Wildman–Crippen MR) is 69.1 cm³/mol. The van der Waals surface area contributed by atoms with Crippen LogP contribution in [0.25, 0.3) is 6.08 Å². The number of carbonyl (C=O) groups is 1. The molecule has 1 aromatic rings. The number of rotatable bonds is 2. The molecule has 0 unspecified atom stereocenters. The molecule has 0 saturated carbocycles. The fraction of sp³-hybridized carbons (Fsp3) is 0.357. The highest BCUT2D eigenvalue weighted by molar-refractivity contribution is 5.91. The summed E-state index contributed by atoms with van der Waals surface area (Å²) >= 11 is 0. The molecule has 0 aromatic heterocycles. The lowest BCUT2D eigenvalue weighted by molar-refractivity contribution is 0.0526. The van der Waals surface area contributed by atoms with Gasteiger partial charge in [-0.15, -0.1) is 0 Å². The molecule has 1 heterocycles. The summed E-state index contributed by atoms with van der Waals surface area (Å²) < 4.78 is 4.98. The second-order valence-corrected chi connectivity index (χ2v) is 4.70. The van der Waals surface area contributed by atoms with E-state index in [4.69, 9.17) is 4.74 Å². The molecule has 3 nitrogen and oxygen atoms in total. The van der Waals surface area contributed by atoms with Crippen LogP contribution in [0.1, 0.15) is 36.7 Å². The van der Waals surface area contributed by atoms with Gasteiger partial charge in [0, 0.05) is 5.69 Å². The summed E-state index contributed by atoms with van der Waals surface area (Å²) in [6.45, 7) is 6.41. The fourth-order valence-electron chi connectivity index (χ4n) is 1.84. The number of nitrogens with one attached hydrogen (secondary N) is 1. The number of esters is 1. The van der Waals surface area contributed by atoms with Gasteiger partial charge in [0.1, 0.15) is 0 Å². The normalized spacial score (nSPS) is 15.9. The number of carbonyl (C=O) groups excluding carboxylic acids is 1. The molecule has 0 saturated heterocycles. The molecule has 0 aliphatic carbocycles. The van der Waals surface area contributed by atoms with Gasteiger partial charge in [0.25, 0.3) is 0 Å². The SMILES string of the molecule is CCOC(=O)c1ccc2c(c1)C=CC(C)(C)N2. The van der Waals surface area contributed by atoms with Crippen LogP contribution in [-0.4, -0.2) is 18.1 Å². The maximum Gasteiger partial charge on any atom is 0.338 e. The van der Waals surface area contributed by atoms with Crippen molar-refractivity contribution in [3.63, 3.8) is 0 Å². The van der Waals surface area contributed by atoms with Gasteiger partial charge in [-0.25, -0.2) is 4.79 Å². The molecule has 0 fully saturated rings. The number of anilines is 1. The van der Waals surface area contributed by atoms with Crippen molar-refractivity contribution in [1.29, 1.82) is 0 Å². The molecule has 0 spiro atoms. The van der Waals surface area contributed by atoms with Crippen LogP contribution in [0.3, 0.4) is 0 Å². The van der Waals surface area contributed by atoms with Crippen molar-refractivity contribution in [3.05, 3.63) is 35.4 Å². The minimum absolute atomic E-state index is 0.0432. The first kappa shape index (κ1) is 11.7. The zero-order valence-corrected chi connectivity index (χ0v) is 10.4. The van der Waals surface area contributed by atoms with Gasteiger partial charge in [0.15, 0.2) is 0 Å². The van der Waals surface area contributed by atoms with E-state index in [1.54, 1.807) is 13.0 Å². The van der Waals surface area contributed by atoms with Gasteiger partial charge in [-0.1, -0.05) is 12.2 Å². The third-order valence-electron chi connectivity index (χ3n) is 2.70. The first-order chi connectivity index (χ1) is 8.02. The third-order valence-corrected chi connectivity index (χ3v) is 2.70. The highest BCUT2D eigenvalue weighted by Crippen LogP contribution is 2.28. The molecule has 3 heteroatoms. The van der Waals surface area contributed by atoms with Gasteiger partial charge < -0.3 is 10.1 Å². The average molecular weight is 231 g/mol. The topological polar surface area (TPSA) is 38.3 Å². The Bertz CT molecular complexity index is 475. The number of hydrogen-bond donors (Lipinski definition) is 1. The molecule has 1 aliphatic heterocycles. The zero-order chi connectivity index (χ0) is 12.5. The van der Waals surface area contributed by atoms with Crippen molar-refractivity contribution in [1.82, 2.24) is 0 Å². The molecule has 0 amide bonds. The van der Waals surface area contributed by atoms with Gasteiger partial charge >= 0.3 is 5.97 Å². The molecule has 17 heavy (non-hydrogen) atoms. The van der Waals surface area contributed by atoms with Crippen molar-refractivity contribution >= 4 is 17.7 Å². The van der Waals surface area contributed by atoms with Crippen LogP contribution in [0.5, 0.6) is 0 Å². The standard InChI is InChI=1S/C14H17NO2/c1-4-17-13(16)11-5-6-12-10(9-11)7-8-14(2,3)15-12/h5-9,15H,4H2,1-3H3. The minimum atomic E-state index is -0.270. The highest BCUT2D eigenvalue weighted by Gasteiger charge is 2.19. The van der Waals surface area contributed by atoms with Crippen molar-refractivity contribution in [3.8, 4) is 0 Å². The summed E-state index contributed by atoms with van der Waals surface area (Å²) in [5.41, 5.74) is 2.62. The third kappa shape index (κ3) is 2.49. The van der Waals surface area contributed by atoms with Gasteiger partial charge in [-0.2, -0.15) is 0 Å². The summed E-state index contributed by atoms with van der Waals surface area (Å²) in [5, 5.41) is 3.40. The lowest BCUT2D eigenvalue weighted by Crippen LogP contribution is -2.30. The molecule has 90 valence electrons. The summed E-state index contributed by atoms with van der Waals surface area (Å²) in [6, 6.07) is 5.57. The van der Waals surface area contributed by atoms with E-state index in [9.17, 15) is 4.79 Å². The van der Waals surface area contributed by atoms with Gasteiger partial charge in [-0.05, 0) is 44.5 Å². The molecular weight excluding hydrogens is 214 g/mol. The maximum absolute atomic E-state index is 11.6. The maximum atomic E-state index is 11.6. The predicted octanol–water partition coefficient (Wildman–Crippen LogP) is 3.08. The molecule has 0 bridgehead atoms. The first-order valence-electron chi connectivity index (χ1n) is 5.80. The van der Waals surface area contributed by atoms with E-state index in [-0.39, 0.29) is 11.5 Å².